The zero-order valence-electron chi connectivity index (χ0n) is 13.6. The Balaban J connectivity index is 1.68. The van der Waals surface area contributed by atoms with Gasteiger partial charge < -0.3 is 4.90 Å². The highest BCUT2D eigenvalue weighted by molar-refractivity contribution is 7.92. The number of likely N-dealkylation sites (tertiary alicyclic amines) is 1. The van der Waals surface area contributed by atoms with E-state index in [-0.39, 0.29) is 0 Å². The minimum atomic E-state index is -3.18. The maximum absolute atomic E-state index is 11.2. The van der Waals surface area contributed by atoms with Crippen LogP contribution in [0.4, 0.5) is 5.69 Å². The first kappa shape index (κ1) is 17.3. The highest BCUT2D eigenvalue weighted by atomic mass is 32.2. The van der Waals surface area contributed by atoms with E-state index in [0.717, 1.165) is 6.42 Å². The van der Waals surface area contributed by atoms with Gasteiger partial charge in [-0.15, -0.1) is 0 Å². The monoisotopic (exact) mass is 324 g/mol. The third kappa shape index (κ3) is 6.79. The van der Waals surface area contributed by atoms with Crippen molar-refractivity contribution >= 4 is 15.7 Å². The predicted molar refractivity (Wildman–Crippen MR) is 92.8 cm³/mol. The van der Waals surface area contributed by atoms with Crippen LogP contribution in [0.15, 0.2) is 24.3 Å². The molecule has 0 saturated carbocycles. The Hall–Kier alpha value is -1.07. The maximum Gasteiger partial charge on any atom is 0.229 e. The summed E-state index contributed by atoms with van der Waals surface area (Å²) in [6.45, 7) is 3.76. The van der Waals surface area contributed by atoms with Crippen molar-refractivity contribution < 1.29 is 8.42 Å². The van der Waals surface area contributed by atoms with E-state index in [4.69, 9.17) is 0 Å². The molecule has 1 aromatic rings. The SMILES string of the molecule is CS(=O)(=O)Nc1ccc(CCCCN2CCCCCC2)cc1. The molecule has 0 radical (unpaired) electrons. The number of rotatable bonds is 7. The molecule has 1 aromatic carbocycles. The summed E-state index contributed by atoms with van der Waals surface area (Å²) in [4.78, 5) is 2.60. The number of nitrogens with one attached hydrogen (secondary N) is 1. The van der Waals surface area contributed by atoms with Crippen LogP contribution in [0.3, 0.4) is 0 Å². The van der Waals surface area contributed by atoms with Crippen LogP contribution in [0.2, 0.25) is 0 Å². The van der Waals surface area contributed by atoms with Crippen molar-refractivity contribution in [2.75, 3.05) is 30.6 Å². The van der Waals surface area contributed by atoms with Crippen LogP contribution < -0.4 is 4.72 Å². The van der Waals surface area contributed by atoms with Gasteiger partial charge in [-0.2, -0.15) is 0 Å². The molecule has 1 N–H and O–H groups in total. The molecule has 124 valence electrons. The van der Waals surface area contributed by atoms with Gasteiger partial charge in [-0.3, -0.25) is 4.72 Å². The first-order chi connectivity index (χ1) is 10.5. The number of nitrogens with zero attached hydrogens (tertiary/aromatic N) is 1. The van der Waals surface area contributed by atoms with Crippen molar-refractivity contribution in [3.63, 3.8) is 0 Å². The zero-order valence-corrected chi connectivity index (χ0v) is 14.4. The summed E-state index contributed by atoms with van der Waals surface area (Å²) in [6.07, 6.45) is 10.2. The first-order valence-corrected chi connectivity index (χ1v) is 10.2. The molecule has 0 amide bonds. The van der Waals surface area contributed by atoms with Crippen molar-refractivity contribution in [3.8, 4) is 0 Å². The molecule has 0 atom stereocenters. The van der Waals surface area contributed by atoms with Gasteiger partial charge >= 0.3 is 0 Å². The van der Waals surface area contributed by atoms with E-state index < -0.39 is 10.0 Å². The third-order valence-electron chi connectivity index (χ3n) is 4.15. The number of hydrogen-bond donors (Lipinski definition) is 1. The van der Waals surface area contributed by atoms with E-state index in [1.807, 2.05) is 24.3 Å². The van der Waals surface area contributed by atoms with Crippen LogP contribution in [0.5, 0.6) is 0 Å². The summed E-state index contributed by atoms with van der Waals surface area (Å²) in [5.74, 6) is 0. The topological polar surface area (TPSA) is 49.4 Å². The third-order valence-corrected chi connectivity index (χ3v) is 4.75. The van der Waals surface area contributed by atoms with Gasteiger partial charge in [0.05, 0.1) is 6.26 Å². The second-order valence-corrected chi connectivity index (χ2v) is 8.03. The number of anilines is 1. The van der Waals surface area contributed by atoms with Crippen LogP contribution in [-0.2, 0) is 16.4 Å². The van der Waals surface area contributed by atoms with Crippen LogP contribution in [-0.4, -0.2) is 39.2 Å². The standard InChI is InChI=1S/C17H28N2O2S/c1-22(20,21)18-17-11-9-16(10-12-17)8-4-7-15-19-13-5-2-3-6-14-19/h9-12,18H,2-8,13-15H2,1H3. The van der Waals surface area contributed by atoms with Crippen molar-refractivity contribution in [3.05, 3.63) is 29.8 Å². The molecule has 0 spiro atoms. The Labute approximate surface area is 135 Å². The van der Waals surface area contributed by atoms with Gasteiger partial charge in [-0.05, 0) is 69.4 Å². The van der Waals surface area contributed by atoms with Crippen molar-refractivity contribution in [2.45, 2.75) is 44.9 Å². The second kappa shape index (κ2) is 8.53. The minimum absolute atomic E-state index is 0.635. The van der Waals surface area contributed by atoms with Gasteiger partial charge in [0.1, 0.15) is 0 Å². The molecule has 1 saturated heterocycles. The maximum atomic E-state index is 11.2. The van der Waals surface area contributed by atoms with E-state index in [2.05, 4.69) is 9.62 Å². The lowest BCUT2D eigenvalue weighted by Crippen LogP contribution is -2.25. The van der Waals surface area contributed by atoms with Crippen molar-refractivity contribution in [1.29, 1.82) is 0 Å². The summed E-state index contributed by atoms with van der Waals surface area (Å²) in [6, 6.07) is 7.70. The van der Waals surface area contributed by atoms with E-state index in [1.54, 1.807) is 0 Å². The first-order valence-electron chi connectivity index (χ1n) is 8.32. The quantitative estimate of drug-likeness (QED) is 0.783. The molecule has 0 unspecified atom stereocenters. The molecule has 1 aliphatic rings. The molecular weight excluding hydrogens is 296 g/mol. The van der Waals surface area contributed by atoms with E-state index in [1.165, 1.54) is 70.0 Å². The van der Waals surface area contributed by atoms with Crippen LogP contribution >= 0.6 is 0 Å². The normalized spacial score (nSPS) is 17.1. The van der Waals surface area contributed by atoms with Crippen LogP contribution in [0.1, 0.15) is 44.1 Å². The zero-order chi connectivity index (χ0) is 15.8. The molecule has 1 heterocycles. The predicted octanol–water partition coefficient (Wildman–Crippen LogP) is 3.26. The van der Waals surface area contributed by atoms with Crippen LogP contribution in [0.25, 0.3) is 0 Å². The molecule has 22 heavy (non-hydrogen) atoms. The smallest absolute Gasteiger partial charge is 0.229 e. The highest BCUT2D eigenvalue weighted by Gasteiger charge is 2.08. The number of hydrogen-bond acceptors (Lipinski definition) is 3. The summed E-state index contributed by atoms with van der Waals surface area (Å²) in [7, 11) is -3.18. The molecule has 1 fully saturated rings. The molecule has 1 aliphatic heterocycles. The van der Waals surface area contributed by atoms with Gasteiger partial charge in [0.15, 0.2) is 0 Å². The fourth-order valence-electron chi connectivity index (χ4n) is 2.98. The Bertz CT molecular complexity index is 532. The average Bonchev–Trinajstić information content (AvgIpc) is 2.72. The minimum Gasteiger partial charge on any atom is -0.303 e. The van der Waals surface area contributed by atoms with Crippen LogP contribution in [0, 0.1) is 0 Å². The van der Waals surface area contributed by atoms with Crippen molar-refractivity contribution in [1.82, 2.24) is 4.90 Å². The van der Waals surface area contributed by atoms with Gasteiger partial charge in [0, 0.05) is 5.69 Å². The number of benzene rings is 1. The number of sulfonamides is 1. The molecule has 4 nitrogen and oxygen atoms in total. The molecule has 0 bridgehead atoms. The van der Waals surface area contributed by atoms with Gasteiger partial charge in [-0.25, -0.2) is 8.42 Å². The lowest BCUT2D eigenvalue weighted by Gasteiger charge is -2.19. The Kier molecular flexibility index (Phi) is 6.70. The number of unbranched alkanes of at least 4 members (excludes halogenated alkanes) is 1. The van der Waals surface area contributed by atoms with Crippen molar-refractivity contribution in [2.24, 2.45) is 0 Å². The molecule has 0 aliphatic carbocycles. The van der Waals surface area contributed by atoms with Gasteiger partial charge in [-0.1, -0.05) is 25.0 Å². The fraction of sp³-hybridized carbons (Fsp3) is 0.647. The van der Waals surface area contributed by atoms with E-state index in [9.17, 15) is 8.42 Å². The largest absolute Gasteiger partial charge is 0.303 e. The van der Waals surface area contributed by atoms with E-state index >= 15 is 0 Å². The Morgan fingerprint density at radius 2 is 1.64 bits per heavy atom. The molecule has 0 aromatic heterocycles. The summed E-state index contributed by atoms with van der Waals surface area (Å²) >= 11 is 0. The molecule has 5 heteroatoms. The highest BCUT2D eigenvalue weighted by Crippen LogP contribution is 2.14. The van der Waals surface area contributed by atoms with Gasteiger partial charge in [0.25, 0.3) is 0 Å². The molecular formula is C17H28N2O2S. The summed E-state index contributed by atoms with van der Waals surface area (Å²) in [5, 5.41) is 0. The summed E-state index contributed by atoms with van der Waals surface area (Å²) in [5.41, 5.74) is 1.91. The lowest BCUT2D eigenvalue weighted by atomic mass is 10.1. The summed E-state index contributed by atoms with van der Waals surface area (Å²) < 4.78 is 24.8. The Morgan fingerprint density at radius 3 is 2.23 bits per heavy atom. The lowest BCUT2D eigenvalue weighted by molar-refractivity contribution is 0.279. The molecule has 2 rings (SSSR count). The second-order valence-electron chi connectivity index (χ2n) is 6.28. The number of aryl methyl sites for hydroxylation is 1. The van der Waals surface area contributed by atoms with E-state index in [0.29, 0.717) is 5.69 Å². The Morgan fingerprint density at radius 1 is 1.00 bits per heavy atom. The van der Waals surface area contributed by atoms with Gasteiger partial charge in [0.2, 0.25) is 10.0 Å². The average molecular weight is 324 g/mol. The fourth-order valence-corrected chi connectivity index (χ4v) is 3.54.